The molecule has 0 amide bonds. The fourth-order valence-corrected chi connectivity index (χ4v) is 29.4. The first kappa shape index (κ1) is 38.5. The predicted octanol–water partition coefficient (Wildman–Crippen LogP) is 9.02. The van der Waals surface area contributed by atoms with E-state index >= 15 is 0 Å². The summed E-state index contributed by atoms with van der Waals surface area (Å²) in [5, 5.41) is 0. The first-order chi connectivity index (χ1) is 17.0. The highest BCUT2D eigenvalue weighted by Gasteiger charge is 2.40. The zero-order chi connectivity index (χ0) is 29.7. The highest BCUT2D eigenvalue weighted by Crippen LogP contribution is 2.26. The molecule has 0 aliphatic carbocycles. The second-order valence-electron chi connectivity index (χ2n) is 14.8. The molecule has 0 radical (unpaired) electrons. The maximum atomic E-state index is 6.57. The second kappa shape index (κ2) is 16.8. The molecule has 0 bridgehead atoms. The molecule has 0 aromatic carbocycles. The van der Waals surface area contributed by atoms with Gasteiger partial charge >= 0.3 is 17.1 Å². The average Bonchev–Trinajstić information content (AvgIpc) is 2.61. The second-order valence-corrected chi connectivity index (χ2v) is 40.5. The van der Waals surface area contributed by atoms with E-state index in [1.165, 1.54) is 12.8 Å². The van der Waals surface area contributed by atoms with Gasteiger partial charge in [0, 0.05) is 13.1 Å². The van der Waals surface area contributed by atoms with E-state index in [-0.39, 0.29) is 0 Å². The summed E-state index contributed by atoms with van der Waals surface area (Å²) in [4.78, 5) is 9.33. The summed E-state index contributed by atoms with van der Waals surface area (Å²) in [6.45, 7) is 33.5. The highest BCUT2D eigenvalue weighted by molar-refractivity contribution is 6.88. The molecule has 0 N–H and O–H groups in total. The maximum Gasteiger partial charge on any atom is 0.314 e. The van der Waals surface area contributed by atoms with Gasteiger partial charge in [-0.05, 0) is 142 Å². The summed E-state index contributed by atoms with van der Waals surface area (Å²) in [7, 11) is -10.8. The van der Waals surface area contributed by atoms with Crippen LogP contribution < -0.4 is 0 Å². The molecule has 6 nitrogen and oxygen atoms in total. The minimum atomic E-state index is -2.14. The van der Waals surface area contributed by atoms with Crippen LogP contribution in [0.1, 0.15) is 38.5 Å². The van der Waals surface area contributed by atoms with Crippen molar-refractivity contribution in [2.75, 3.05) is 13.1 Å². The molecule has 38 heavy (non-hydrogen) atoms. The van der Waals surface area contributed by atoms with Crippen LogP contribution in [0, 0.1) is 0 Å². The summed E-state index contributed by atoms with van der Waals surface area (Å²) < 4.78 is 26.3. The Bertz CT molecular complexity index is 618. The molecule has 0 aromatic heterocycles. The van der Waals surface area contributed by atoms with E-state index in [9.17, 15) is 0 Å². The summed E-state index contributed by atoms with van der Waals surface area (Å²) in [6, 6.07) is 2.00. The molecule has 0 saturated carbocycles. The molecular formula is C26H64N2O4Si6. The van der Waals surface area contributed by atoms with Gasteiger partial charge < -0.3 is 16.5 Å². The molecule has 0 rings (SSSR count). The number of unbranched alkanes of at least 4 members (excludes halogenated alkanes) is 3. The van der Waals surface area contributed by atoms with Crippen LogP contribution in [0.25, 0.3) is 0 Å². The van der Waals surface area contributed by atoms with Crippen LogP contribution in [0.2, 0.25) is 104 Å². The molecule has 0 unspecified atom stereocenters. The molecular weight excluding hydrogens is 573 g/mol. The van der Waals surface area contributed by atoms with E-state index in [1.54, 1.807) is 0 Å². The van der Waals surface area contributed by atoms with Crippen molar-refractivity contribution in [2.45, 2.75) is 142 Å². The summed E-state index contributed by atoms with van der Waals surface area (Å²) in [6.07, 6.45) is 10.9. The van der Waals surface area contributed by atoms with Crippen molar-refractivity contribution in [3.8, 4) is 0 Å². The van der Waals surface area contributed by atoms with Gasteiger partial charge in [0.2, 0.25) is 0 Å². The van der Waals surface area contributed by atoms with Crippen LogP contribution in [0.5, 0.6) is 0 Å². The fraction of sp³-hybridized carbons (Fsp3) is 0.923. The van der Waals surface area contributed by atoms with E-state index in [2.05, 4.69) is 114 Å². The number of nitrogens with zero attached hydrogens (tertiary/aromatic N) is 2. The molecule has 0 aromatic rings. The number of hydrogen-bond donors (Lipinski definition) is 0. The Morgan fingerprint density at radius 2 is 0.684 bits per heavy atom. The van der Waals surface area contributed by atoms with Gasteiger partial charge in [-0.3, -0.25) is 9.98 Å². The van der Waals surface area contributed by atoms with Crippen molar-refractivity contribution < 1.29 is 16.5 Å². The topological polar surface area (TPSA) is 61.6 Å². The van der Waals surface area contributed by atoms with Gasteiger partial charge in [-0.2, -0.15) is 0 Å². The molecule has 12 heteroatoms. The smallest absolute Gasteiger partial charge is 0.314 e. The summed E-state index contributed by atoms with van der Waals surface area (Å²) in [5.74, 6) is 0. The Hall–Kier alpha value is 0.481. The number of hydrogen-bond acceptors (Lipinski definition) is 6. The highest BCUT2D eigenvalue weighted by atomic mass is 28.5. The molecule has 0 saturated heterocycles. The van der Waals surface area contributed by atoms with E-state index in [0.717, 1.165) is 50.9 Å². The van der Waals surface area contributed by atoms with E-state index in [0.29, 0.717) is 0 Å². The maximum absolute atomic E-state index is 6.57. The van der Waals surface area contributed by atoms with E-state index < -0.39 is 50.4 Å². The lowest BCUT2D eigenvalue weighted by molar-refractivity contribution is 0.383. The van der Waals surface area contributed by atoms with Crippen LogP contribution in [0.3, 0.4) is 0 Å². The van der Waals surface area contributed by atoms with Crippen molar-refractivity contribution in [3.63, 3.8) is 0 Å². The molecule has 0 spiro atoms. The normalized spacial score (nSPS) is 14.8. The lowest BCUT2D eigenvalue weighted by atomic mass is 10.2. The summed E-state index contributed by atoms with van der Waals surface area (Å²) in [5.41, 5.74) is 0. The minimum absolute atomic E-state index is 0.919. The van der Waals surface area contributed by atoms with Gasteiger partial charge in [0.05, 0.1) is 0 Å². The Balaban J connectivity index is 4.20. The van der Waals surface area contributed by atoms with Gasteiger partial charge in [-0.25, -0.2) is 0 Å². The van der Waals surface area contributed by atoms with E-state index in [1.807, 2.05) is 0 Å². The molecule has 0 heterocycles. The standard InChI is InChI=1S/C26H64N2O4Si6/c1-33(2,3)29-37(13,30-34(4,5)6)25-19-23-27-21-17-15-16-18-22-28-24-20-26-38(14,31-35(7,8)9)32-36(10,11)12/h23-24H,15-22,25-26H2,1-14H3. The van der Waals surface area contributed by atoms with Gasteiger partial charge in [-0.1, -0.05) is 12.8 Å². The van der Waals surface area contributed by atoms with Crippen molar-refractivity contribution in [2.24, 2.45) is 9.98 Å². The third-order valence-corrected chi connectivity index (χ3v) is 24.2. The van der Waals surface area contributed by atoms with Gasteiger partial charge in [0.15, 0.2) is 33.3 Å². The largest absolute Gasteiger partial charge is 0.437 e. The SMILES string of the molecule is C[Si](C)(C)O[Si](C)(CCC=NCCCCCCN=CCC[Si](C)(O[Si](C)(C)C)O[Si](C)(C)C)O[Si](C)(C)C. The van der Waals surface area contributed by atoms with Crippen molar-refractivity contribution >= 4 is 62.8 Å². The lowest BCUT2D eigenvalue weighted by Crippen LogP contribution is -2.52. The van der Waals surface area contributed by atoms with Crippen molar-refractivity contribution in [1.29, 1.82) is 0 Å². The Labute approximate surface area is 243 Å². The Morgan fingerprint density at radius 3 is 0.921 bits per heavy atom. The Morgan fingerprint density at radius 1 is 0.421 bits per heavy atom. The quantitative estimate of drug-likeness (QED) is 0.0716. The first-order valence-electron chi connectivity index (χ1n) is 14.8. The van der Waals surface area contributed by atoms with Gasteiger partial charge in [0.25, 0.3) is 0 Å². The monoisotopic (exact) mass is 636 g/mol. The minimum Gasteiger partial charge on any atom is -0.437 e. The molecule has 0 fully saturated rings. The van der Waals surface area contributed by atoms with Crippen molar-refractivity contribution in [1.82, 2.24) is 0 Å². The fourth-order valence-electron chi connectivity index (χ4n) is 4.61. The molecule has 0 aliphatic rings. The van der Waals surface area contributed by atoms with Crippen LogP contribution in [-0.4, -0.2) is 75.9 Å². The third-order valence-electron chi connectivity index (χ3n) is 5.13. The average molecular weight is 637 g/mol. The molecule has 0 atom stereocenters. The van der Waals surface area contributed by atoms with E-state index in [4.69, 9.17) is 16.5 Å². The molecule has 0 aliphatic heterocycles. The Kier molecular flexibility index (Phi) is 17.0. The number of rotatable bonds is 21. The zero-order valence-corrected chi connectivity index (χ0v) is 33.8. The van der Waals surface area contributed by atoms with Gasteiger partial charge in [0.1, 0.15) is 0 Å². The van der Waals surface area contributed by atoms with Crippen LogP contribution in [0.15, 0.2) is 9.98 Å². The first-order valence-corrected chi connectivity index (χ1v) is 33.5. The van der Waals surface area contributed by atoms with Gasteiger partial charge in [-0.15, -0.1) is 0 Å². The lowest BCUT2D eigenvalue weighted by Gasteiger charge is -2.38. The van der Waals surface area contributed by atoms with Crippen LogP contribution >= 0.6 is 0 Å². The van der Waals surface area contributed by atoms with Crippen LogP contribution in [0.4, 0.5) is 0 Å². The summed E-state index contributed by atoms with van der Waals surface area (Å²) >= 11 is 0. The van der Waals surface area contributed by atoms with Crippen molar-refractivity contribution in [3.05, 3.63) is 0 Å². The molecule has 226 valence electrons. The third kappa shape index (κ3) is 24.3. The number of aliphatic imine (C=N–C) groups is 2. The predicted molar refractivity (Wildman–Crippen MR) is 185 cm³/mol. The zero-order valence-electron chi connectivity index (χ0n) is 27.8. The van der Waals surface area contributed by atoms with Crippen LogP contribution in [-0.2, 0) is 16.5 Å².